The maximum absolute atomic E-state index is 11.5. The lowest BCUT2D eigenvalue weighted by Gasteiger charge is -2.20. The first kappa shape index (κ1) is 13.4. The van der Waals surface area contributed by atoms with Gasteiger partial charge in [-0.1, -0.05) is 45.9 Å². The molecule has 3 nitrogen and oxygen atoms in total. The van der Waals surface area contributed by atoms with Crippen molar-refractivity contribution in [3.8, 4) is 0 Å². The van der Waals surface area contributed by atoms with E-state index in [0.717, 1.165) is 11.1 Å². The van der Waals surface area contributed by atoms with E-state index < -0.39 is 11.8 Å². The standard InChI is InChI=1S/C14H18O3/c1-5-9-8-10(14(2,3)4)6-7-11(9)12(15)13(16)17/h6-8H,5H2,1-4H3,(H,16,17). The minimum Gasteiger partial charge on any atom is -0.475 e. The molecule has 0 amide bonds. The Labute approximate surface area is 101 Å². The fourth-order valence-electron chi connectivity index (χ4n) is 1.69. The highest BCUT2D eigenvalue weighted by Gasteiger charge is 2.20. The van der Waals surface area contributed by atoms with Crippen molar-refractivity contribution in [2.24, 2.45) is 0 Å². The summed E-state index contributed by atoms with van der Waals surface area (Å²) >= 11 is 0. The molecule has 1 aromatic rings. The number of ketones is 1. The van der Waals surface area contributed by atoms with Crippen molar-refractivity contribution >= 4 is 11.8 Å². The Morgan fingerprint density at radius 2 is 1.82 bits per heavy atom. The number of benzene rings is 1. The van der Waals surface area contributed by atoms with Crippen molar-refractivity contribution in [3.05, 3.63) is 34.9 Å². The van der Waals surface area contributed by atoms with Gasteiger partial charge >= 0.3 is 5.97 Å². The van der Waals surface area contributed by atoms with Crippen molar-refractivity contribution in [1.82, 2.24) is 0 Å². The van der Waals surface area contributed by atoms with Crippen LogP contribution in [-0.2, 0) is 16.6 Å². The molecule has 1 N–H and O–H groups in total. The van der Waals surface area contributed by atoms with Crippen LogP contribution in [-0.4, -0.2) is 16.9 Å². The minimum atomic E-state index is -1.40. The molecule has 0 heterocycles. The van der Waals surface area contributed by atoms with Crippen LogP contribution in [0.15, 0.2) is 18.2 Å². The van der Waals surface area contributed by atoms with E-state index in [9.17, 15) is 9.59 Å². The summed E-state index contributed by atoms with van der Waals surface area (Å²) in [4.78, 5) is 22.2. The zero-order valence-corrected chi connectivity index (χ0v) is 10.7. The van der Waals surface area contributed by atoms with Crippen LogP contribution < -0.4 is 0 Å². The highest BCUT2D eigenvalue weighted by molar-refractivity contribution is 6.40. The Kier molecular flexibility index (Phi) is 3.71. The second kappa shape index (κ2) is 4.70. The fraction of sp³-hybridized carbons (Fsp3) is 0.429. The van der Waals surface area contributed by atoms with Crippen LogP contribution in [0.3, 0.4) is 0 Å². The Morgan fingerprint density at radius 1 is 1.24 bits per heavy atom. The molecule has 0 saturated heterocycles. The molecule has 0 fully saturated rings. The molecule has 1 rings (SSSR count). The van der Waals surface area contributed by atoms with Crippen LogP contribution in [0.1, 0.15) is 49.2 Å². The highest BCUT2D eigenvalue weighted by atomic mass is 16.4. The van der Waals surface area contributed by atoms with Gasteiger partial charge in [-0.3, -0.25) is 4.79 Å². The van der Waals surface area contributed by atoms with Gasteiger partial charge in [-0.15, -0.1) is 0 Å². The Morgan fingerprint density at radius 3 is 2.24 bits per heavy atom. The molecule has 0 aromatic heterocycles. The predicted molar refractivity (Wildman–Crippen MR) is 66.5 cm³/mol. The third-order valence-corrected chi connectivity index (χ3v) is 2.79. The van der Waals surface area contributed by atoms with Crippen LogP contribution in [0, 0.1) is 0 Å². The van der Waals surface area contributed by atoms with Gasteiger partial charge in [-0.2, -0.15) is 0 Å². The molecular weight excluding hydrogens is 216 g/mol. The molecule has 0 aliphatic rings. The zero-order valence-electron chi connectivity index (χ0n) is 10.7. The highest BCUT2D eigenvalue weighted by Crippen LogP contribution is 2.25. The molecule has 0 atom stereocenters. The molecule has 3 heteroatoms. The molecule has 0 aliphatic heterocycles. The first-order valence-electron chi connectivity index (χ1n) is 5.68. The molecule has 0 saturated carbocycles. The quantitative estimate of drug-likeness (QED) is 0.646. The number of carboxylic acids is 1. The monoisotopic (exact) mass is 234 g/mol. The summed E-state index contributed by atoms with van der Waals surface area (Å²) < 4.78 is 0. The lowest BCUT2D eigenvalue weighted by Crippen LogP contribution is -2.17. The van der Waals surface area contributed by atoms with E-state index in [4.69, 9.17) is 5.11 Å². The van der Waals surface area contributed by atoms with E-state index in [1.54, 1.807) is 6.07 Å². The first-order valence-corrected chi connectivity index (χ1v) is 5.68. The zero-order chi connectivity index (χ0) is 13.2. The maximum atomic E-state index is 11.5. The molecule has 92 valence electrons. The van der Waals surface area contributed by atoms with Gasteiger partial charge in [-0.05, 0) is 23.0 Å². The fourth-order valence-corrected chi connectivity index (χ4v) is 1.69. The third-order valence-electron chi connectivity index (χ3n) is 2.79. The number of carbonyl (C=O) groups is 2. The van der Waals surface area contributed by atoms with E-state index in [0.29, 0.717) is 12.0 Å². The molecule has 1 aromatic carbocycles. The van der Waals surface area contributed by atoms with Gasteiger partial charge in [0.25, 0.3) is 5.78 Å². The molecular formula is C14H18O3. The molecule has 0 bridgehead atoms. The Balaban J connectivity index is 3.28. The van der Waals surface area contributed by atoms with E-state index in [1.165, 1.54) is 0 Å². The van der Waals surface area contributed by atoms with Gasteiger partial charge in [0.1, 0.15) is 0 Å². The topological polar surface area (TPSA) is 54.4 Å². The van der Waals surface area contributed by atoms with Crippen molar-refractivity contribution in [3.63, 3.8) is 0 Å². The molecule has 0 radical (unpaired) electrons. The second-order valence-corrected chi connectivity index (χ2v) is 5.11. The smallest absolute Gasteiger partial charge is 0.377 e. The van der Waals surface area contributed by atoms with E-state index >= 15 is 0 Å². The van der Waals surface area contributed by atoms with E-state index in [1.807, 2.05) is 19.1 Å². The number of Topliss-reactive ketones (excluding diaryl/α,β-unsaturated/α-hetero) is 1. The largest absolute Gasteiger partial charge is 0.475 e. The Bertz CT molecular complexity index is 453. The number of carbonyl (C=O) groups excluding carboxylic acids is 1. The summed E-state index contributed by atoms with van der Waals surface area (Å²) in [6.07, 6.45) is 0.651. The number of rotatable bonds is 3. The molecule has 0 spiro atoms. The Hall–Kier alpha value is -1.64. The number of carboxylic acid groups (broad SMARTS) is 1. The predicted octanol–water partition coefficient (Wildman–Crippen LogP) is 2.81. The van der Waals surface area contributed by atoms with Crippen molar-refractivity contribution in [2.75, 3.05) is 0 Å². The number of aliphatic carboxylic acids is 1. The SMILES string of the molecule is CCc1cc(C(C)(C)C)ccc1C(=O)C(=O)O. The lowest BCUT2D eigenvalue weighted by molar-refractivity contribution is -0.131. The van der Waals surface area contributed by atoms with Gasteiger partial charge in [0, 0.05) is 5.56 Å². The van der Waals surface area contributed by atoms with Gasteiger partial charge in [0.15, 0.2) is 0 Å². The van der Waals surface area contributed by atoms with Crippen molar-refractivity contribution < 1.29 is 14.7 Å². The average Bonchev–Trinajstić information content (AvgIpc) is 2.25. The molecule has 0 aliphatic carbocycles. The summed E-state index contributed by atoms with van der Waals surface area (Å²) in [5.74, 6) is -2.23. The van der Waals surface area contributed by atoms with E-state index in [2.05, 4.69) is 20.8 Å². The van der Waals surface area contributed by atoms with Gasteiger partial charge < -0.3 is 5.11 Å². The van der Waals surface area contributed by atoms with Crippen molar-refractivity contribution in [2.45, 2.75) is 39.5 Å². The lowest BCUT2D eigenvalue weighted by atomic mass is 9.84. The molecule has 0 unspecified atom stereocenters. The van der Waals surface area contributed by atoms with Gasteiger partial charge in [-0.25, -0.2) is 4.79 Å². The van der Waals surface area contributed by atoms with Crippen LogP contribution in [0.4, 0.5) is 0 Å². The maximum Gasteiger partial charge on any atom is 0.377 e. The van der Waals surface area contributed by atoms with Crippen LogP contribution in [0.2, 0.25) is 0 Å². The minimum absolute atomic E-state index is 0.00524. The number of aryl methyl sites for hydroxylation is 1. The summed E-state index contributed by atoms with van der Waals surface area (Å²) in [7, 11) is 0. The summed E-state index contributed by atoms with van der Waals surface area (Å²) in [6, 6.07) is 5.38. The van der Waals surface area contributed by atoms with Crippen LogP contribution in [0.5, 0.6) is 0 Å². The number of hydrogen-bond acceptors (Lipinski definition) is 2. The summed E-state index contributed by atoms with van der Waals surface area (Å²) in [5, 5.41) is 8.74. The van der Waals surface area contributed by atoms with Crippen LogP contribution in [0.25, 0.3) is 0 Å². The van der Waals surface area contributed by atoms with Crippen LogP contribution >= 0.6 is 0 Å². The second-order valence-electron chi connectivity index (χ2n) is 5.11. The van der Waals surface area contributed by atoms with E-state index in [-0.39, 0.29) is 5.41 Å². The molecule has 17 heavy (non-hydrogen) atoms. The van der Waals surface area contributed by atoms with Gasteiger partial charge in [0.05, 0.1) is 0 Å². The normalized spacial score (nSPS) is 11.3. The summed E-state index contributed by atoms with van der Waals surface area (Å²) in [5.41, 5.74) is 2.20. The number of hydrogen-bond donors (Lipinski definition) is 1. The first-order chi connectivity index (χ1) is 7.77. The van der Waals surface area contributed by atoms with Gasteiger partial charge in [0.2, 0.25) is 0 Å². The average molecular weight is 234 g/mol. The third kappa shape index (κ3) is 2.93. The van der Waals surface area contributed by atoms with Crippen molar-refractivity contribution in [1.29, 1.82) is 0 Å². The summed E-state index contributed by atoms with van der Waals surface area (Å²) in [6.45, 7) is 8.17.